The van der Waals surface area contributed by atoms with Crippen LogP contribution in [0.15, 0.2) is 18.2 Å². The largest absolute Gasteiger partial charge is 0.386 e. The SMILES string of the molecule is CC(C)(O)c1cccc2c1CC(=O)N2. The van der Waals surface area contributed by atoms with E-state index in [-0.39, 0.29) is 5.91 Å². The van der Waals surface area contributed by atoms with Crippen molar-refractivity contribution in [3.05, 3.63) is 29.3 Å². The number of carbonyl (C=O) groups is 1. The number of amides is 1. The molecule has 14 heavy (non-hydrogen) atoms. The molecular formula is C11H13NO2. The summed E-state index contributed by atoms with van der Waals surface area (Å²) in [6.45, 7) is 3.46. The number of fused-ring (bicyclic) bond motifs is 1. The lowest BCUT2D eigenvalue weighted by molar-refractivity contribution is -0.115. The number of hydrogen-bond acceptors (Lipinski definition) is 2. The summed E-state index contributed by atoms with van der Waals surface area (Å²) in [6, 6.07) is 5.56. The number of aliphatic hydroxyl groups is 1. The van der Waals surface area contributed by atoms with Crippen LogP contribution in [0.3, 0.4) is 0 Å². The van der Waals surface area contributed by atoms with Crippen molar-refractivity contribution in [2.75, 3.05) is 5.32 Å². The van der Waals surface area contributed by atoms with Gasteiger partial charge in [0.25, 0.3) is 0 Å². The van der Waals surface area contributed by atoms with E-state index in [0.29, 0.717) is 6.42 Å². The molecule has 1 heterocycles. The summed E-state index contributed by atoms with van der Waals surface area (Å²) in [5, 5.41) is 12.7. The fraction of sp³-hybridized carbons (Fsp3) is 0.364. The number of rotatable bonds is 1. The van der Waals surface area contributed by atoms with Gasteiger partial charge in [0.05, 0.1) is 12.0 Å². The second-order valence-electron chi connectivity index (χ2n) is 4.12. The molecule has 0 unspecified atom stereocenters. The Morgan fingerprint density at radius 1 is 1.43 bits per heavy atom. The lowest BCUT2D eigenvalue weighted by Crippen LogP contribution is -2.17. The number of nitrogens with one attached hydrogen (secondary N) is 1. The van der Waals surface area contributed by atoms with E-state index in [1.54, 1.807) is 13.8 Å². The third-order valence-corrected chi connectivity index (χ3v) is 2.45. The molecule has 0 bridgehead atoms. The summed E-state index contributed by atoms with van der Waals surface area (Å²) in [7, 11) is 0. The van der Waals surface area contributed by atoms with Gasteiger partial charge in [0, 0.05) is 5.69 Å². The van der Waals surface area contributed by atoms with Gasteiger partial charge in [0.1, 0.15) is 0 Å². The highest BCUT2D eigenvalue weighted by Gasteiger charge is 2.26. The highest BCUT2D eigenvalue weighted by atomic mass is 16.3. The molecule has 1 aliphatic heterocycles. The van der Waals surface area contributed by atoms with Crippen LogP contribution in [0.2, 0.25) is 0 Å². The molecule has 3 nitrogen and oxygen atoms in total. The lowest BCUT2D eigenvalue weighted by Gasteiger charge is -2.20. The van der Waals surface area contributed by atoms with Crippen molar-refractivity contribution < 1.29 is 9.90 Å². The first-order valence-corrected chi connectivity index (χ1v) is 4.63. The minimum absolute atomic E-state index is 0.00306. The van der Waals surface area contributed by atoms with E-state index in [2.05, 4.69) is 5.32 Å². The van der Waals surface area contributed by atoms with Crippen LogP contribution in [-0.2, 0) is 16.8 Å². The quantitative estimate of drug-likeness (QED) is 0.705. The first-order chi connectivity index (χ1) is 6.48. The van der Waals surface area contributed by atoms with Crippen LogP contribution in [-0.4, -0.2) is 11.0 Å². The molecule has 0 aliphatic carbocycles. The van der Waals surface area contributed by atoms with E-state index in [1.807, 2.05) is 18.2 Å². The number of anilines is 1. The molecular weight excluding hydrogens is 178 g/mol. The maximum Gasteiger partial charge on any atom is 0.228 e. The van der Waals surface area contributed by atoms with Crippen molar-refractivity contribution in [2.45, 2.75) is 25.9 Å². The van der Waals surface area contributed by atoms with Crippen LogP contribution in [0.25, 0.3) is 0 Å². The summed E-state index contributed by atoms with van der Waals surface area (Å²) in [4.78, 5) is 11.2. The van der Waals surface area contributed by atoms with Gasteiger partial charge < -0.3 is 10.4 Å². The molecule has 0 radical (unpaired) electrons. The van der Waals surface area contributed by atoms with Crippen LogP contribution < -0.4 is 5.32 Å². The van der Waals surface area contributed by atoms with Crippen LogP contribution in [0.4, 0.5) is 5.69 Å². The smallest absolute Gasteiger partial charge is 0.228 e. The third-order valence-electron chi connectivity index (χ3n) is 2.45. The summed E-state index contributed by atoms with van der Waals surface area (Å²) >= 11 is 0. The summed E-state index contributed by atoms with van der Waals surface area (Å²) in [6.07, 6.45) is 0.371. The van der Waals surface area contributed by atoms with Crippen molar-refractivity contribution >= 4 is 11.6 Å². The minimum Gasteiger partial charge on any atom is -0.386 e. The minimum atomic E-state index is -0.891. The summed E-state index contributed by atoms with van der Waals surface area (Å²) < 4.78 is 0. The zero-order valence-electron chi connectivity index (χ0n) is 8.29. The van der Waals surface area contributed by atoms with Gasteiger partial charge in [-0.25, -0.2) is 0 Å². The molecule has 0 saturated heterocycles. The molecule has 74 valence electrons. The fourth-order valence-corrected chi connectivity index (χ4v) is 1.82. The van der Waals surface area contributed by atoms with E-state index in [0.717, 1.165) is 16.8 Å². The Morgan fingerprint density at radius 3 is 2.79 bits per heavy atom. The fourth-order valence-electron chi connectivity index (χ4n) is 1.82. The Labute approximate surface area is 82.8 Å². The molecule has 2 N–H and O–H groups in total. The second kappa shape index (κ2) is 2.82. The monoisotopic (exact) mass is 191 g/mol. The van der Waals surface area contributed by atoms with E-state index >= 15 is 0 Å². The van der Waals surface area contributed by atoms with Gasteiger partial charge in [-0.1, -0.05) is 12.1 Å². The van der Waals surface area contributed by atoms with Crippen LogP contribution in [0.5, 0.6) is 0 Å². The van der Waals surface area contributed by atoms with E-state index in [9.17, 15) is 9.90 Å². The Hall–Kier alpha value is -1.35. The Morgan fingerprint density at radius 2 is 2.14 bits per heavy atom. The topological polar surface area (TPSA) is 49.3 Å². The van der Waals surface area contributed by atoms with Crippen molar-refractivity contribution in [2.24, 2.45) is 0 Å². The molecule has 1 aromatic rings. The zero-order valence-corrected chi connectivity index (χ0v) is 8.29. The standard InChI is InChI=1S/C11H13NO2/c1-11(2,14)8-4-3-5-9-7(8)6-10(13)12-9/h3-5,14H,6H2,1-2H3,(H,12,13). The third kappa shape index (κ3) is 1.40. The van der Waals surface area contributed by atoms with Crippen LogP contribution in [0.1, 0.15) is 25.0 Å². The van der Waals surface area contributed by atoms with Crippen molar-refractivity contribution in [3.63, 3.8) is 0 Å². The normalized spacial score (nSPS) is 15.2. The van der Waals surface area contributed by atoms with Gasteiger partial charge in [-0.15, -0.1) is 0 Å². The van der Waals surface area contributed by atoms with Crippen LogP contribution >= 0.6 is 0 Å². The summed E-state index contributed by atoms with van der Waals surface area (Å²) in [5.74, 6) is -0.00306. The Kier molecular flexibility index (Phi) is 1.86. The van der Waals surface area contributed by atoms with E-state index in [1.165, 1.54) is 0 Å². The molecule has 0 atom stereocenters. The van der Waals surface area contributed by atoms with E-state index in [4.69, 9.17) is 0 Å². The highest BCUT2D eigenvalue weighted by Crippen LogP contribution is 2.32. The predicted octanol–water partition coefficient (Wildman–Crippen LogP) is 1.41. The molecule has 0 fully saturated rings. The molecule has 0 spiro atoms. The lowest BCUT2D eigenvalue weighted by atomic mass is 9.92. The highest BCUT2D eigenvalue weighted by molar-refractivity contribution is 5.99. The number of carbonyl (C=O) groups excluding carboxylic acids is 1. The maximum absolute atomic E-state index is 11.2. The van der Waals surface area contributed by atoms with E-state index < -0.39 is 5.60 Å². The number of benzene rings is 1. The number of hydrogen-bond donors (Lipinski definition) is 2. The molecule has 1 aliphatic rings. The average Bonchev–Trinajstić information content (AvgIpc) is 2.41. The Balaban J connectivity index is 2.55. The molecule has 0 aromatic heterocycles. The van der Waals surface area contributed by atoms with Gasteiger partial charge in [-0.2, -0.15) is 0 Å². The van der Waals surface area contributed by atoms with Gasteiger partial charge in [0.2, 0.25) is 5.91 Å². The first-order valence-electron chi connectivity index (χ1n) is 4.63. The molecule has 1 aromatic carbocycles. The zero-order chi connectivity index (χ0) is 10.3. The predicted molar refractivity (Wildman–Crippen MR) is 54.0 cm³/mol. The Bertz CT molecular complexity index is 391. The summed E-state index contributed by atoms with van der Waals surface area (Å²) in [5.41, 5.74) is 1.69. The average molecular weight is 191 g/mol. The van der Waals surface area contributed by atoms with Gasteiger partial charge in [-0.05, 0) is 31.0 Å². The molecule has 2 rings (SSSR count). The maximum atomic E-state index is 11.2. The van der Waals surface area contributed by atoms with Crippen LogP contribution in [0, 0.1) is 0 Å². The second-order valence-corrected chi connectivity index (χ2v) is 4.12. The van der Waals surface area contributed by atoms with Crippen molar-refractivity contribution in [1.29, 1.82) is 0 Å². The molecule has 3 heteroatoms. The first kappa shape index (κ1) is 9.21. The van der Waals surface area contributed by atoms with Gasteiger partial charge in [-0.3, -0.25) is 4.79 Å². The van der Waals surface area contributed by atoms with Crippen molar-refractivity contribution in [3.8, 4) is 0 Å². The van der Waals surface area contributed by atoms with Crippen molar-refractivity contribution in [1.82, 2.24) is 0 Å². The molecule has 0 saturated carbocycles. The van der Waals surface area contributed by atoms with Gasteiger partial charge in [0.15, 0.2) is 0 Å². The van der Waals surface area contributed by atoms with Gasteiger partial charge >= 0.3 is 0 Å². The molecule has 1 amide bonds.